The van der Waals surface area contributed by atoms with Crippen molar-refractivity contribution in [1.82, 2.24) is 45.3 Å². The molecular weight excluding hydrogens is 1070 g/mol. The number of hydrogen-bond donors (Lipinski definition) is 3. The highest BCUT2D eigenvalue weighted by atomic mass is 19.4. The molecule has 3 heterocycles. The van der Waals surface area contributed by atoms with Crippen LogP contribution in [0.3, 0.4) is 0 Å². The maximum Gasteiger partial charge on any atom is 0.419 e. The zero-order valence-electron chi connectivity index (χ0n) is 48.0. The molecule has 0 spiro atoms. The van der Waals surface area contributed by atoms with Gasteiger partial charge in [-0.3, -0.25) is 15.3 Å². The predicted molar refractivity (Wildman–Crippen MR) is 296 cm³/mol. The number of rotatable bonds is 30. The summed E-state index contributed by atoms with van der Waals surface area (Å²) in [6.07, 6.45) is -0.864. The third-order valence-electron chi connectivity index (χ3n) is 12.6. The number of nitrogens with zero attached hydrogens (tertiary/aromatic N) is 6. The van der Waals surface area contributed by atoms with Gasteiger partial charge in [-0.2, -0.15) is 54.8 Å². The van der Waals surface area contributed by atoms with Crippen molar-refractivity contribution in [2.45, 2.75) is 117 Å². The van der Waals surface area contributed by atoms with Crippen molar-refractivity contribution in [1.29, 1.82) is 0 Å². The highest BCUT2D eigenvalue weighted by Gasteiger charge is 2.37. The summed E-state index contributed by atoms with van der Waals surface area (Å²) in [5.41, 5.74) is 3.35. The summed E-state index contributed by atoms with van der Waals surface area (Å²) in [5.74, 6) is -0.512. The van der Waals surface area contributed by atoms with Crippen LogP contribution in [0.15, 0.2) is 73.2 Å². The van der Waals surface area contributed by atoms with E-state index in [9.17, 15) is 39.5 Å². The lowest BCUT2D eigenvalue weighted by Crippen LogP contribution is -2.19. The zero-order chi connectivity index (χ0) is 59.6. The molecule has 3 N–H and O–H groups in total. The number of unbranched alkanes of at least 4 members (excludes halogenated alkanes) is 3. The van der Waals surface area contributed by atoms with E-state index in [2.05, 4.69) is 66.1 Å². The van der Waals surface area contributed by atoms with Gasteiger partial charge in [0.05, 0.1) is 72.2 Å². The fourth-order valence-electron chi connectivity index (χ4n) is 8.37. The van der Waals surface area contributed by atoms with Crippen molar-refractivity contribution in [2.24, 2.45) is 0 Å². The molecule has 0 aliphatic heterocycles. The average Bonchev–Trinajstić information content (AvgIpc) is 4.26. The van der Waals surface area contributed by atoms with Gasteiger partial charge in [-0.1, -0.05) is 47.0 Å². The maximum atomic E-state index is 13.6. The highest BCUT2D eigenvalue weighted by Crippen LogP contribution is 2.42. The zero-order valence-corrected chi connectivity index (χ0v) is 48.0. The van der Waals surface area contributed by atoms with Crippen molar-refractivity contribution in [2.75, 3.05) is 88.0 Å². The van der Waals surface area contributed by atoms with Gasteiger partial charge in [0.2, 0.25) is 0 Å². The van der Waals surface area contributed by atoms with Crippen LogP contribution in [0.1, 0.15) is 112 Å². The Hall–Kier alpha value is -6.14. The van der Waals surface area contributed by atoms with Crippen molar-refractivity contribution in [3.8, 4) is 51.0 Å². The average molecular weight is 1150 g/mol. The molecule has 6 aromatic rings. The molecule has 3 aromatic carbocycles. The van der Waals surface area contributed by atoms with Gasteiger partial charge in [0.1, 0.15) is 23.9 Å². The highest BCUT2D eigenvalue weighted by molar-refractivity contribution is 5.67. The van der Waals surface area contributed by atoms with Crippen LogP contribution in [0.5, 0.6) is 17.2 Å². The second-order valence-corrected chi connectivity index (χ2v) is 19.6. The van der Waals surface area contributed by atoms with Crippen LogP contribution in [0.25, 0.3) is 33.8 Å². The Balaban J connectivity index is 0.000000262. The second kappa shape index (κ2) is 33.7. The molecule has 0 atom stereocenters. The van der Waals surface area contributed by atoms with Gasteiger partial charge in [-0.25, -0.2) is 0 Å². The fourth-order valence-corrected chi connectivity index (χ4v) is 8.37. The molecule has 81 heavy (non-hydrogen) atoms. The Bertz CT molecular complexity index is 2720. The van der Waals surface area contributed by atoms with Gasteiger partial charge in [-0.05, 0) is 121 Å². The molecule has 0 amide bonds. The molecule has 3 aromatic heterocycles. The standard InChI is InChI=1S/C20H28F3N3O2.C19H26F3N3O2.C19H26F3N3O/c1-4-5-9-26(2)14-16-13-24-25-19(16)15-7-8-18(28-11-6-10-27-3)17(12-15)20(21,22)23;1-4-5-8-25(2)13-15-12-23-24-18(15)14-6-7-17(27-10-9-26-3)16(11-14)19(20,21)22;1-4-6-9-25(3)13-15-12-23-24-18(15)14-7-8-17(26-10-5-2)16(11-14)19(20,21)22/h7-8,12-13H,4-6,9-11,14H2,1-3H3,(H,24,25);6-7,11-12H,4-5,8-10,13H2,1-3H3,(H,23,24);7-8,11-12H,4-6,9-10,13H2,1-3H3,(H,23,24). The number of methoxy groups -OCH3 is 2. The first-order valence-electron chi connectivity index (χ1n) is 27.2. The summed E-state index contributed by atoms with van der Waals surface area (Å²) in [6.45, 7) is 13.9. The van der Waals surface area contributed by atoms with Crippen molar-refractivity contribution >= 4 is 0 Å². The van der Waals surface area contributed by atoms with E-state index in [0.29, 0.717) is 72.9 Å². The van der Waals surface area contributed by atoms with Crippen molar-refractivity contribution in [3.63, 3.8) is 0 Å². The van der Waals surface area contributed by atoms with Crippen LogP contribution in [-0.2, 0) is 47.6 Å². The topological polar surface area (TPSA) is 142 Å². The first-order valence-corrected chi connectivity index (χ1v) is 27.2. The number of nitrogens with one attached hydrogen (secondary N) is 3. The molecule has 450 valence electrons. The Morgan fingerprint density at radius 3 is 1.02 bits per heavy atom. The molecule has 0 saturated heterocycles. The molecule has 0 bridgehead atoms. The minimum atomic E-state index is -4.52. The summed E-state index contributed by atoms with van der Waals surface area (Å²) in [7, 11) is 8.98. The number of alkyl halides is 9. The molecule has 0 saturated carbocycles. The van der Waals surface area contributed by atoms with E-state index in [0.717, 1.165) is 93.0 Å². The van der Waals surface area contributed by atoms with Gasteiger partial charge in [0, 0.05) is 80.3 Å². The Labute approximate surface area is 470 Å². The molecule has 0 aliphatic carbocycles. The van der Waals surface area contributed by atoms with Crippen LogP contribution in [0.2, 0.25) is 0 Å². The first kappa shape index (κ1) is 67.4. The number of hydrogen-bond acceptors (Lipinski definition) is 11. The molecule has 14 nitrogen and oxygen atoms in total. The third-order valence-corrected chi connectivity index (χ3v) is 12.6. The largest absolute Gasteiger partial charge is 0.493 e. The summed E-state index contributed by atoms with van der Waals surface area (Å²) in [4.78, 5) is 6.40. The van der Waals surface area contributed by atoms with E-state index in [4.69, 9.17) is 23.7 Å². The summed E-state index contributed by atoms with van der Waals surface area (Å²) >= 11 is 0. The third kappa shape index (κ3) is 21.9. The van der Waals surface area contributed by atoms with E-state index in [1.165, 1.54) is 32.4 Å². The molecular formula is C58H80F9N9O5. The van der Waals surface area contributed by atoms with Crippen molar-refractivity contribution in [3.05, 3.63) is 107 Å². The Kier molecular flexibility index (Phi) is 28.0. The normalized spacial score (nSPS) is 12.0. The van der Waals surface area contributed by atoms with Crippen LogP contribution >= 0.6 is 0 Å². The lowest BCUT2D eigenvalue weighted by molar-refractivity contribution is -0.139. The molecule has 6 rings (SSSR count). The van der Waals surface area contributed by atoms with Gasteiger partial charge < -0.3 is 38.4 Å². The minimum absolute atomic E-state index is 0.0520. The summed E-state index contributed by atoms with van der Waals surface area (Å²) < 4.78 is 147. The van der Waals surface area contributed by atoms with E-state index < -0.39 is 35.2 Å². The fraction of sp³-hybridized carbons (Fsp3) is 0.534. The van der Waals surface area contributed by atoms with Gasteiger partial charge in [0.25, 0.3) is 0 Å². The van der Waals surface area contributed by atoms with E-state index in [1.807, 2.05) is 28.1 Å². The number of H-pyrrole nitrogens is 3. The minimum Gasteiger partial charge on any atom is -0.493 e. The quantitative estimate of drug-likeness (QED) is 0.0293. The summed E-state index contributed by atoms with van der Waals surface area (Å²) in [6, 6.07) is 12.3. The SMILES string of the molecule is CCCCN(C)Cc1cn[nH]c1-c1ccc(OCCC)c(C(F)(F)F)c1.CCCCN(C)Cc1cn[nH]c1-c1ccc(OCCCOC)c(C(F)(F)F)c1.CCCCN(C)Cc1cn[nH]c1-c1ccc(OCCOC)c(C(F)(F)F)c1. The number of aromatic nitrogens is 6. The van der Waals surface area contributed by atoms with E-state index in [1.54, 1.807) is 36.8 Å². The monoisotopic (exact) mass is 1150 g/mol. The number of benzene rings is 3. The maximum absolute atomic E-state index is 13.6. The lowest BCUT2D eigenvalue weighted by Gasteiger charge is -2.17. The number of halogens is 9. The van der Waals surface area contributed by atoms with Gasteiger partial charge in [-0.15, -0.1) is 0 Å². The first-order chi connectivity index (χ1) is 38.6. The number of ether oxygens (including phenoxy) is 5. The molecule has 0 fully saturated rings. The van der Waals surface area contributed by atoms with Crippen LogP contribution in [-0.4, -0.2) is 133 Å². The predicted octanol–water partition coefficient (Wildman–Crippen LogP) is 14.2. The van der Waals surface area contributed by atoms with Gasteiger partial charge in [0.15, 0.2) is 0 Å². The van der Waals surface area contributed by atoms with E-state index >= 15 is 0 Å². The van der Waals surface area contributed by atoms with E-state index in [-0.39, 0.29) is 43.7 Å². The smallest absolute Gasteiger partial charge is 0.419 e. The Morgan fingerprint density at radius 2 is 0.728 bits per heavy atom. The van der Waals surface area contributed by atoms with Crippen molar-refractivity contribution < 1.29 is 63.2 Å². The number of aromatic amines is 3. The summed E-state index contributed by atoms with van der Waals surface area (Å²) in [5, 5.41) is 20.6. The van der Waals surface area contributed by atoms with Crippen LogP contribution in [0, 0.1) is 0 Å². The van der Waals surface area contributed by atoms with Gasteiger partial charge >= 0.3 is 18.5 Å². The molecule has 0 radical (unpaired) electrons. The molecule has 0 unspecified atom stereocenters. The lowest BCUT2D eigenvalue weighted by atomic mass is 10.0. The van der Waals surface area contributed by atoms with Crippen LogP contribution < -0.4 is 14.2 Å². The second-order valence-electron chi connectivity index (χ2n) is 19.6. The molecule has 0 aliphatic rings. The molecule has 23 heteroatoms. The Morgan fingerprint density at radius 1 is 0.407 bits per heavy atom. The van der Waals surface area contributed by atoms with Crippen LogP contribution in [0.4, 0.5) is 39.5 Å².